The number of benzene rings is 1. The van der Waals surface area contributed by atoms with Crippen LogP contribution in [0.15, 0.2) is 36.5 Å². The van der Waals surface area contributed by atoms with Crippen LogP contribution in [-0.4, -0.2) is 32.6 Å². The maximum Gasteiger partial charge on any atom is 0.241 e. The first kappa shape index (κ1) is 14.2. The smallest absolute Gasteiger partial charge is 0.241 e. The van der Waals surface area contributed by atoms with Gasteiger partial charge in [0, 0.05) is 6.54 Å². The molecular formula is C14H18N4O2. The van der Waals surface area contributed by atoms with Crippen LogP contribution >= 0.6 is 0 Å². The number of aliphatic hydroxyl groups excluding tert-OH is 1. The molecule has 0 aliphatic carbocycles. The molecule has 2 N–H and O–H groups in total. The highest BCUT2D eigenvalue weighted by Crippen LogP contribution is 2.05. The number of hydrogen-bond acceptors (Lipinski definition) is 4. The fourth-order valence-corrected chi connectivity index (χ4v) is 1.78. The predicted molar refractivity (Wildman–Crippen MR) is 73.8 cm³/mol. The van der Waals surface area contributed by atoms with Gasteiger partial charge in [0.2, 0.25) is 5.91 Å². The minimum atomic E-state index is -0.676. The van der Waals surface area contributed by atoms with Crippen LogP contribution in [0.4, 0.5) is 0 Å². The number of aliphatic hydroxyl groups is 1. The van der Waals surface area contributed by atoms with Crippen molar-refractivity contribution >= 4 is 5.91 Å². The first-order chi connectivity index (χ1) is 9.65. The zero-order valence-electron chi connectivity index (χ0n) is 11.4. The molecule has 0 fully saturated rings. The van der Waals surface area contributed by atoms with Gasteiger partial charge in [-0.05, 0) is 18.9 Å². The Kier molecular flexibility index (Phi) is 4.84. The van der Waals surface area contributed by atoms with E-state index in [1.165, 1.54) is 10.2 Å². The van der Waals surface area contributed by atoms with Gasteiger partial charge < -0.3 is 10.4 Å². The summed E-state index contributed by atoms with van der Waals surface area (Å²) in [6, 6.07) is 9.97. The molecule has 0 saturated carbocycles. The van der Waals surface area contributed by atoms with Crippen LogP contribution in [0.2, 0.25) is 0 Å². The summed E-state index contributed by atoms with van der Waals surface area (Å²) >= 11 is 0. The molecule has 106 valence electrons. The zero-order valence-corrected chi connectivity index (χ0v) is 11.4. The number of rotatable bonds is 6. The molecule has 6 heteroatoms. The van der Waals surface area contributed by atoms with Crippen molar-refractivity contribution in [2.75, 3.05) is 6.54 Å². The van der Waals surface area contributed by atoms with Crippen molar-refractivity contribution in [2.45, 2.75) is 26.0 Å². The van der Waals surface area contributed by atoms with E-state index in [2.05, 4.69) is 15.6 Å². The van der Waals surface area contributed by atoms with Crippen molar-refractivity contribution in [2.24, 2.45) is 0 Å². The lowest BCUT2D eigenvalue weighted by Gasteiger charge is -2.05. The second-order valence-corrected chi connectivity index (χ2v) is 4.60. The summed E-state index contributed by atoms with van der Waals surface area (Å²) in [5, 5.41) is 19.7. The van der Waals surface area contributed by atoms with Crippen molar-refractivity contribution in [3.63, 3.8) is 0 Å². The Morgan fingerprint density at radius 1 is 1.40 bits per heavy atom. The molecule has 0 radical (unpaired) electrons. The van der Waals surface area contributed by atoms with Gasteiger partial charge >= 0.3 is 0 Å². The Labute approximate surface area is 117 Å². The Bertz CT molecular complexity index is 551. The summed E-state index contributed by atoms with van der Waals surface area (Å²) in [7, 11) is 0. The van der Waals surface area contributed by atoms with Crippen LogP contribution in [0.5, 0.6) is 0 Å². The molecule has 1 aromatic heterocycles. The van der Waals surface area contributed by atoms with Gasteiger partial charge in [-0.15, -0.1) is 5.10 Å². The maximum atomic E-state index is 11.7. The molecule has 6 nitrogen and oxygen atoms in total. The lowest BCUT2D eigenvalue weighted by Crippen LogP contribution is -2.29. The third-order valence-electron chi connectivity index (χ3n) is 2.87. The van der Waals surface area contributed by atoms with E-state index >= 15 is 0 Å². The molecule has 1 aromatic carbocycles. The first-order valence-corrected chi connectivity index (χ1v) is 6.54. The quantitative estimate of drug-likeness (QED) is 0.812. The number of carbonyl (C=O) groups is 1. The van der Waals surface area contributed by atoms with Crippen LogP contribution in [0.25, 0.3) is 0 Å². The normalized spacial score (nSPS) is 12.1. The highest BCUT2D eigenvalue weighted by molar-refractivity contribution is 5.75. The van der Waals surface area contributed by atoms with Gasteiger partial charge in [-0.1, -0.05) is 35.5 Å². The van der Waals surface area contributed by atoms with Gasteiger partial charge in [0.15, 0.2) is 0 Å². The summed E-state index contributed by atoms with van der Waals surface area (Å²) < 4.78 is 1.42. The van der Waals surface area contributed by atoms with Crippen molar-refractivity contribution in [1.29, 1.82) is 0 Å². The van der Waals surface area contributed by atoms with Crippen molar-refractivity contribution in [1.82, 2.24) is 20.3 Å². The standard InChI is InChI=1S/C14H18N4O2/c1-11(19)13-9-18(17-16-13)10-14(20)15-8-7-12-5-3-2-4-6-12/h2-6,9,11,19H,7-8,10H2,1H3,(H,15,20). The largest absolute Gasteiger partial charge is 0.387 e. The number of aromatic nitrogens is 3. The Balaban J connectivity index is 1.75. The fourth-order valence-electron chi connectivity index (χ4n) is 1.78. The average molecular weight is 274 g/mol. The third-order valence-corrected chi connectivity index (χ3v) is 2.87. The molecule has 1 amide bonds. The molecule has 0 spiro atoms. The van der Waals surface area contributed by atoms with E-state index in [9.17, 15) is 9.90 Å². The van der Waals surface area contributed by atoms with Gasteiger partial charge in [0.1, 0.15) is 12.2 Å². The zero-order chi connectivity index (χ0) is 14.4. The molecule has 2 aromatic rings. The topological polar surface area (TPSA) is 80.0 Å². The number of amides is 1. The molecule has 0 aliphatic heterocycles. The molecular weight excluding hydrogens is 256 g/mol. The van der Waals surface area contributed by atoms with Gasteiger partial charge in [-0.25, -0.2) is 4.68 Å². The lowest BCUT2D eigenvalue weighted by atomic mass is 10.1. The van der Waals surface area contributed by atoms with Gasteiger partial charge in [0.05, 0.1) is 12.3 Å². The average Bonchev–Trinajstić information content (AvgIpc) is 2.88. The van der Waals surface area contributed by atoms with Crippen LogP contribution in [0.3, 0.4) is 0 Å². The van der Waals surface area contributed by atoms with Crippen LogP contribution < -0.4 is 5.32 Å². The summed E-state index contributed by atoms with van der Waals surface area (Å²) in [6.45, 7) is 2.30. The van der Waals surface area contributed by atoms with Gasteiger partial charge in [-0.3, -0.25) is 4.79 Å². The third kappa shape index (κ3) is 4.17. The summed E-state index contributed by atoms with van der Waals surface area (Å²) in [6.07, 6.45) is 1.69. The maximum absolute atomic E-state index is 11.7. The van der Waals surface area contributed by atoms with Crippen LogP contribution in [-0.2, 0) is 17.8 Å². The van der Waals surface area contributed by atoms with Crippen molar-refractivity contribution in [3.8, 4) is 0 Å². The number of nitrogens with zero attached hydrogens (tertiary/aromatic N) is 3. The predicted octanol–water partition coefficient (Wildman–Crippen LogP) is 0.690. The Morgan fingerprint density at radius 2 is 2.15 bits per heavy atom. The van der Waals surface area contributed by atoms with Crippen molar-refractivity contribution < 1.29 is 9.90 Å². The molecule has 20 heavy (non-hydrogen) atoms. The lowest BCUT2D eigenvalue weighted by molar-refractivity contribution is -0.121. The second-order valence-electron chi connectivity index (χ2n) is 4.60. The molecule has 1 heterocycles. The number of nitrogens with one attached hydrogen (secondary N) is 1. The van der Waals surface area contributed by atoms with E-state index in [1.807, 2.05) is 30.3 Å². The van der Waals surface area contributed by atoms with E-state index in [-0.39, 0.29) is 12.5 Å². The molecule has 1 atom stereocenters. The number of hydrogen-bond donors (Lipinski definition) is 2. The molecule has 0 saturated heterocycles. The van der Waals surface area contributed by atoms with E-state index in [4.69, 9.17) is 0 Å². The molecule has 1 unspecified atom stereocenters. The minimum Gasteiger partial charge on any atom is -0.387 e. The number of carbonyl (C=O) groups excluding carboxylic acids is 1. The molecule has 0 bridgehead atoms. The van der Waals surface area contributed by atoms with E-state index in [0.29, 0.717) is 12.2 Å². The first-order valence-electron chi connectivity index (χ1n) is 6.54. The van der Waals surface area contributed by atoms with Gasteiger partial charge in [-0.2, -0.15) is 0 Å². The fraction of sp³-hybridized carbons (Fsp3) is 0.357. The highest BCUT2D eigenvalue weighted by Gasteiger charge is 2.08. The molecule has 2 rings (SSSR count). The summed E-state index contributed by atoms with van der Waals surface area (Å²) in [4.78, 5) is 11.7. The van der Waals surface area contributed by atoms with E-state index in [1.54, 1.807) is 13.1 Å². The Hall–Kier alpha value is -2.21. The van der Waals surface area contributed by atoms with Crippen LogP contribution in [0, 0.1) is 0 Å². The van der Waals surface area contributed by atoms with E-state index in [0.717, 1.165) is 6.42 Å². The summed E-state index contributed by atoms with van der Waals surface area (Å²) in [5.41, 5.74) is 1.65. The van der Waals surface area contributed by atoms with Crippen molar-refractivity contribution in [3.05, 3.63) is 47.8 Å². The van der Waals surface area contributed by atoms with E-state index < -0.39 is 6.10 Å². The monoisotopic (exact) mass is 274 g/mol. The summed E-state index contributed by atoms with van der Waals surface area (Å²) in [5.74, 6) is -0.122. The molecule has 0 aliphatic rings. The highest BCUT2D eigenvalue weighted by atomic mass is 16.3. The second kappa shape index (κ2) is 6.81. The minimum absolute atomic E-state index is 0.106. The van der Waals surface area contributed by atoms with Gasteiger partial charge in [0.25, 0.3) is 0 Å². The SMILES string of the molecule is CC(O)c1cn(CC(=O)NCCc2ccccc2)nn1. The van der Waals surface area contributed by atoms with Crippen LogP contribution in [0.1, 0.15) is 24.3 Å². The Morgan fingerprint density at radius 3 is 2.80 bits per heavy atom.